The molecule has 0 aliphatic heterocycles. The number of benzene rings is 2. The Kier molecular flexibility index (Phi) is 4.77. The fourth-order valence-corrected chi connectivity index (χ4v) is 2.13. The van der Waals surface area contributed by atoms with Crippen molar-refractivity contribution < 1.29 is 9.90 Å². The summed E-state index contributed by atoms with van der Waals surface area (Å²) in [6.07, 6.45) is 0. The third-order valence-electron chi connectivity index (χ3n) is 3.16. The third-order valence-corrected chi connectivity index (χ3v) is 3.40. The highest BCUT2D eigenvalue weighted by molar-refractivity contribution is 6.30. The normalized spacial score (nSPS) is 12.1. The Morgan fingerprint density at radius 2 is 1.95 bits per heavy atom. The fraction of sp³-hybridized carbons (Fsp3) is 0.188. The van der Waals surface area contributed by atoms with E-state index in [0.717, 1.165) is 16.1 Å². The maximum Gasteiger partial charge on any atom is 0.335 e. The first-order valence-electron chi connectivity index (χ1n) is 6.37. The first-order valence-corrected chi connectivity index (χ1v) is 6.75. The van der Waals surface area contributed by atoms with Crippen LogP contribution in [-0.2, 0) is 6.54 Å². The molecule has 2 aromatic rings. The summed E-state index contributed by atoms with van der Waals surface area (Å²) in [6.45, 7) is 2.74. The number of nitrogens with one attached hydrogen (secondary N) is 1. The quantitative estimate of drug-likeness (QED) is 0.878. The molecule has 0 radical (unpaired) electrons. The average Bonchev–Trinajstić information content (AvgIpc) is 2.45. The van der Waals surface area contributed by atoms with Crippen molar-refractivity contribution >= 4 is 17.6 Å². The van der Waals surface area contributed by atoms with E-state index < -0.39 is 5.97 Å². The molecule has 0 fully saturated rings. The van der Waals surface area contributed by atoms with Crippen LogP contribution in [0.2, 0.25) is 5.02 Å². The predicted molar refractivity (Wildman–Crippen MR) is 80.1 cm³/mol. The number of hydrogen-bond acceptors (Lipinski definition) is 2. The van der Waals surface area contributed by atoms with Crippen LogP contribution in [0.25, 0.3) is 0 Å². The number of carboxylic acid groups (broad SMARTS) is 1. The van der Waals surface area contributed by atoms with Crippen LogP contribution in [0.1, 0.15) is 34.5 Å². The number of hydrogen-bond donors (Lipinski definition) is 2. The van der Waals surface area contributed by atoms with Gasteiger partial charge in [0.25, 0.3) is 0 Å². The fourth-order valence-electron chi connectivity index (χ4n) is 1.93. The summed E-state index contributed by atoms with van der Waals surface area (Å²) in [5, 5.41) is 12.9. The van der Waals surface area contributed by atoms with Gasteiger partial charge in [0.15, 0.2) is 0 Å². The lowest BCUT2D eigenvalue weighted by molar-refractivity contribution is 0.0697. The lowest BCUT2D eigenvalue weighted by Gasteiger charge is -2.14. The minimum Gasteiger partial charge on any atom is -0.478 e. The Morgan fingerprint density at radius 1 is 1.25 bits per heavy atom. The van der Waals surface area contributed by atoms with Crippen LogP contribution in [-0.4, -0.2) is 11.1 Å². The van der Waals surface area contributed by atoms with Crippen LogP contribution in [0.3, 0.4) is 0 Å². The van der Waals surface area contributed by atoms with Crippen LogP contribution in [0, 0.1) is 0 Å². The van der Waals surface area contributed by atoms with E-state index in [4.69, 9.17) is 16.7 Å². The molecule has 0 saturated heterocycles. The minimum absolute atomic E-state index is 0.174. The van der Waals surface area contributed by atoms with E-state index in [1.165, 1.54) is 0 Å². The molecule has 0 heterocycles. The molecular weight excluding hydrogens is 274 g/mol. The maximum atomic E-state index is 10.8. The van der Waals surface area contributed by atoms with Crippen molar-refractivity contribution in [1.82, 2.24) is 5.32 Å². The van der Waals surface area contributed by atoms with Gasteiger partial charge in [-0.2, -0.15) is 0 Å². The molecule has 2 rings (SSSR count). The molecule has 0 bridgehead atoms. The molecule has 2 N–H and O–H groups in total. The summed E-state index contributed by atoms with van der Waals surface area (Å²) in [4.78, 5) is 10.8. The second kappa shape index (κ2) is 6.55. The van der Waals surface area contributed by atoms with Gasteiger partial charge in [-0.15, -0.1) is 0 Å². The molecular formula is C16H16ClNO2. The number of carbonyl (C=O) groups is 1. The summed E-state index contributed by atoms with van der Waals surface area (Å²) < 4.78 is 0. The van der Waals surface area contributed by atoms with Gasteiger partial charge in [-0.25, -0.2) is 4.79 Å². The van der Waals surface area contributed by atoms with Gasteiger partial charge in [0, 0.05) is 17.6 Å². The monoisotopic (exact) mass is 289 g/mol. The molecule has 0 spiro atoms. The molecule has 0 aliphatic rings. The lowest BCUT2D eigenvalue weighted by Crippen LogP contribution is -2.18. The second-order valence-corrected chi connectivity index (χ2v) is 5.10. The Hall–Kier alpha value is -1.84. The molecule has 2 aromatic carbocycles. The van der Waals surface area contributed by atoms with E-state index >= 15 is 0 Å². The van der Waals surface area contributed by atoms with Crippen LogP contribution < -0.4 is 5.32 Å². The predicted octanol–water partition coefficient (Wildman–Crippen LogP) is 3.89. The van der Waals surface area contributed by atoms with Gasteiger partial charge in [0.2, 0.25) is 0 Å². The smallest absolute Gasteiger partial charge is 0.335 e. The van der Waals surface area contributed by atoms with E-state index in [2.05, 4.69) is 12.2 Å². The van der Waals surface area contributed by atoms with Gasteiger partial charge < -0.3 is 10.4 Å². The first-order chi connectivity index (χ1) is 9.56. The average molecular weight is 290 g/mol. The van der Waals surface area contributed by atoms with Crippen molar-refractivity contribution in [3.8, 4) is 0 Å². The first kappa shape index (κ1) is 14.6. The maximum absolute atomic E-state index is 10.8. The summed E-state index contributed by atoms with van der Waals surface area (Å²) in [5.74, 6) is -0.906. The Labute approximate surface area is 123 Å². The van der Waals surface area contributed by atoms with E-state index in [9.17, 15) is 4.79 Å². The highest BCUT2D eigenvalue weighted by atomic mass is 35.5. The minimum atomic E-state index is -0.906. The number of rotatable bonds is 5. The number of halogens is 1. The third kappa shape index (κ3) is 3.83. The van der Waals surface area contributed by atoms with Crippen molar-refractivity contribution in [1.29, 1.82) is 0 Å². The molecule has 3 nitrogen and oxygen atoms in total. The highest BCUT2D eigenvalue weighted by Crippen LogP contribution is 2.17. The summed E-state index contributed by atoms with van der Waals surface area (Å²) in [7, 11) is 0. The highest BCUT2D eigenvalue weighted by Gasteiger charge is 2.06. The van der Waals surface area contributed by atoms with Crippen LogP contribution >= 0.6 is 11.6 Å². The summed E-state index contributed by atoms with van der Waals surface area (Å²) in [5.41, 5.74) is 2.47. The Morgan fingerprint density at radius 3 is 2.55 bits per heavy atom. The van der Waals surface area contributed by atoms with Gasteiger partial charge in [-0.05, 0) is 42.3 Å². The molecule has 20 heavy (non-hydrogen) atoms. The van der Waals surface area contributed by atoms with Crippen LogP contribution in [0.5, 0.6) is 0 Å². The van der Waals surface area contributed by atoms with Gasteiger partial charge in [-0.3, -0.25) is 0 Å². The molecule has 1 atom stereocenters. The van der Waals surface area contributed by atoms with Crippen molar-refractivity contribution in [3.63, 3.8) is 0 Å². The van der Waals surface area contributed by atoms with E-state index in [1.807, 2.05) is 36.4 Å². The SMILES string of the molecule is C[C@@H](NCc1ccc(C(=O)O)cc1)c1cccc(Cl)c1. The topological polar surface area (TPSA) is 49.3 Å². The Bertz CT molecular complexity index is 596. The molecule has 0 aromatic heterocycles. The van der Waals surface area contributed by atoms with Gasteiger partial charge in [0.05, 0.1) is 5.56 Å². The lowest BCUT2D eigenvalue weighted by atomic mass is 10.1. The largest absolute Gasteiger partial charge is 0.478 e. The van der Waals surface area contributed by atoms with Gasteiger partial charge in [-0.1, -0.05) is 35.9 Å². The Balaban J connectivity index is 1.96. The summed E-state index contributed by atoms with van der Waals surface area (Å²) in [6, 6.07) is 14.8. The van der Waals surface area contributed by atoms with E-state index in [0.29, 0.717) is 12.1 Å². The molecule has 4 heteroatoms. The van der Waals surface area contributed by atoms with Gasteiger partial charge >= 0.3 is 5.97 Å². The number of aromatic carboxylic acids is 1. The zero-order chi connectivity index (χ0) is 14.5. The second-order valence-electron chi connectivity index (χ2n) is 4.66. The number of carboxylic acids is 1. The van der Waals surface area contributed by atoms with Crippen LogP contribution in [0.15, 0.2) is 48.5 Å². The van der Waals surface area contributed by atoms with Crippen molar-refractivity contribution in [2.45, 2.75) is 19.5 Å². The van der Waals surface area contributed by atoms with Crippen molar-refractivity contribution in [2.24, 2.45) is 0 Å². The van der Waals surface area contributed by atoms with E-state index in [-0.39, 0.29) is 6.04 Å². The van der Waals surface area contributed by atoms with Crippen molar-refractivity contribution in [2.75, 3.05) is 0 Å². The molecule has 0 amide bonds. The molecule has 0 unspecified atom stereocenters. The van der Waals surface area contributed by atoms with E-state index in [1.54, 1.807) is 12.1 Å². The van der Waals surface area contributed by atoms with Gasteiger partial charge in [0.1, 0.15) is 0 Å². The van der Waals surface area contributed by atoms with Crippen LogP contribution in [0.4, 0.5) is 0 Å². The zero-order valence-corrected chi connectivity index (χ0v) is 11.9. The zero-order valence-electron chi connectivity index (χ0n) is 11.1. The summed E-state index contributed by atoms with van der Waals surface area (Å²) >= 11 is 5.97. The standard InChI is InChI=1S/C16H16ClNO2/c1-11(14-3-2-4-15(17)9-14)18-10-12-5-7-13(8-6-12)16(19)20/h2-9,11,18H,10H2,1H3,(H,19,20)/t11-/m1/s1. The molecule has 0 aliphatic carbocycles. The molecule has 104 valence electrons. The molecule has 0 saturated carbocycles. The van der Waals surface area contributed by atoms with Crippen molar-refractivity contribution in [3.05, 3.63) is 70.2 Å².